The summed E-state index contributed by atoms with van der Waals surface area (Å²) in [5.41, 5.74) is 0.825. The Bertz CT molecular complexity index is 2010. The normalized spacial score (nSPS) is 12.9. The second-order valence-electron chi connectivity index (χ2n) is 13.2. The first-order valence-electron chi connectivity index (χ1n) is 15.8. The molecular formula is C38H37F5N2O5S. The van der Waals surface area contributed by atoms with Crippen molar-refractivity contribution in [3.8, 4) is 11.1 Å². The van der Waals surface area contributed by atoms with Gasteiger partial charge in [-0.15, -0.1) is 0 Å². The molecule has 0 aliphatic heterocycles. The van der Waals surface area contributed by atoms with Crippen LogP contribution < -0.4 is 10.6 Å². The topological polar surface area (TPSA) is 113 Å². The van der Waals surface area contributed by atoms with Gasteiger partial charge in [0, 0.05) is 12.1 Å². The first-order chi connectivity index (χ1) is 23.7. The average molecular weight is 729 g/mol. The summed E-state index contributed by atoms with van der Waals surface area (Å²) >= 11 is 0. The Balaban J connectivity index is 1.61. The van der Waals surface area contributed by atoms with Crippen LogP contribution in [0.2, 0.25) is 0 Å². The number of alkyl halides is 3. The quantitative estimate of drug-likeness (QED) is 0.106. The van der Waals surface area contributed by atoms with Crippen LogP contribution in [0, 0.1) is 24.0 Å². The third kappa shape index (κ3) is 11.1. The Kier molecular flexibility index (Phi) is 11.9. The summed E-state index contributed by atoms with van der Waals surface area (Å²) in [4.78, 5) is 26.2. The third-order valence-electron chi connectivity index (χ3n) is 7.89. The average Bonchev–Trinajstić information content (AvgIpc) is 3.03. The van der Waals surface area contributed by atoms with Gasteiger partial charge in [-0.25, -0.2) is 8.78 Å². The molecular weight excluding hydrogens is 691 g/mol. The first-order valence-corrected chi connectivity index (χ1v) is 17.4. The van der Waals surface area contributed by atoms with Gasteiger partial charge in [0.15, 0.2) is 0 Å². The van der Waals surface area contributed by atoms with E-state index < -0.39 is 62.7 Å². The molecule has 51 heavy (non-hydrogen) atoms. The number of rotatable bonds is 11. The Morgan fingerprint density at radius 1 is 0.882 bits per heavy atom. The fourth-order valence-corrected chi connectivity index (χ4v) is 5.55. The maximum atomic E-state index is 15.4. The summed E-state index contributed by atoms with van der Waals surface area (Å²) in [5, 5.41) is 4.74. The van der Waals surface area contributed by atoms with Gasteiger partial charge in [0.2, 0.25) is 5.91 Å². The van der Waals surface area contributed by atoms with E-state index in [0.29, 0.717) is 11.1 Å². The van der Waals surface area contributed by atoms with Crippen molar-refractivity contribution in [2.45, 2.75) is 46.2 Å². The minimum absolute atomic E-state index is 0.00761. The van der Waals surface area contributed by atoms with Crippen LogP contribution in [0.1, 0.15) is 64.9 Å². The van der Waals surface area contributed by atoms with E-state index in [2.05, 4.69) is 10.6 Å². The third-order valence-corrected chi connectivity index (χ3v) is 8.61. The summed E-state index contributed by atoms with van der Waals surface area (Å²) in [6.07, 6.45) is -0.574. The lowest BCUT2D eigenvalue weighted by Crippen LogP contribution is -2.28. The molecule has 7 nitrogen and oxygen atoms in total. The number of nitrogens with one attached hydrogen (secondary N) is 2. The van der Waals surface area contributed by atoms with Crippen molar-refractivity contribution in [3.05, 3.63) is 130 Å². The molecule has 0 radical (unpaired) electrons. The summed E-state index contributed by atoms with van der Waals surface area (Å²) in [5.74, 6) is -5.19. The molecule has 3 N–H and O–H groups in total. The lowest BCUT2D eigenvalue weighted by molar-refractivity contribution is -0.137. The molecule has 0 aliphatic rings. The smallest absolute Gasteiger partial charge is 0.351 e. The van der Waals surface area contributed by atoms with Crippen molar-refractivity contribution in [2.24, 2.45) is 5.41 Å². The van der Waals surface area contributed by atoms with Gasteiger partial charge < -0.3 is 10.6 Å². The zero-order valence-electron chi connectivity index (χ0n) is 28.2. The first kappa shape index (κ1) is 38.9. The van der Waals surface area contributed by atoms with E-state index in [9.17, 15) is 31.2 Å². The molecule has 2 amide bonds. The highest BCUT2D eigenvalue weighted by Gasteiger charge is 2.31. The van der Waals surface area contributed by atoms with Gasteiger partial charge in [-0.1, -0.05) is 75.4 Å². The molecule has 1 unspecified atom stereocenters. The van der Waals surface area contributed by atoms with E-state index in [1.54, 1.807) is 36.4 Å². The Labute approximate surface area is 293 Å². The van der Waals surface area contributed by atoms with Crippen LogP contribution in [0.3, 0.4) is 0 Å². The monoisotopic (exact) mass is 728 g/mol. The molecule has 0 fully saturated rings. The standard InChI is InChI=1S/C38H37F5N2O5S/c1-23-19-29(38(41,42)43)13-14-30(23)28-21-32(39)34(33(40)22-28)45-36(47)31(26-9-5-24(6-10-26)15-16-37(2,3)4)20-25-7-11-27(12-8-25)35(46)44-17-18-51(48,49)50/h5-16,19,21-22,31H,17-18,20H2,1-4H3,(H,44,46)(H,45,47)(H,48,49,50). The maximum absolute atomic E-state index is 15.4. The molecule has 13 heteroatoms. The lowest BCUT2D eigenvalue weighted by atomic mass is 9.89. The molecule has 0 heterocycles. The zero-order valence-corrected chi connectivity index (χ0v) is 29.1. The van der Waals surface area contributed by atoms with Crippen LogP contribution in [0.25, 0.3) is 17.2 Å². The number of amides is 2. The molecule has 0 aliphatic carbocycles. The molecule has 0 saturated carbocycles. The molecule has 4 aromatic carbocycles. The highest BCUT2D eigenvalue weighted by molar-refractivity contribution is 7.85. The number of anilines is 1. The van der Waals surface area contributed by atoms with Crippen molar-refractivity contribution in [1.82, 2.24) is 5.32 Å². The van der Waals surface area contributed by atoms with Gasteiger partial charge in [-0.05, 0) is 88.5 Å². The highest BCUT2D eigenvalue weighted by atomic mass is 32.2. The minimum atomic E-state index is -4.58. The van der Waals surface area contributed by atoms with Gasteiger partial charge in [0.25, 0.3) is 16.0 Å². The fourth-order valence-electron chi connectivity index (χ4n) is 5.19. The predicted molar refractivity (Wildman–Crippen MR) is 187 cm³/mol. The molecule has 0 saturated heterocycles. The summed E-state index contributed by atoms with van der Waals surface area (Å²) in [6, 6.07) is 17.9. The SMILES string of the molecule is Cc1cc(C(F)(F)F)ccc1-c1cc(F)c(NC(=O)C(Cc2ccc(C(=O)NCCS(=O)(=O)O)cc2)c2ccc(C=CC(C)(C)C)cc2)c(F)c1. The second kappa shape index (κ2) is 15.6. The predicted octanol–water partition coefficient (Wildman–Crippen LogP) is 8.60. The molecule has 0 bridgehead atoms. The van der Waals surface area contributed by atoms with Crippen molar-refractivity contribution in [3.63, 3.8) is 0 Å². The zero-order chi connectivity index (χ0) is 37.7. The molecule has 0 spiro atoms. The molecule has 1 atom stereocenters. The van der Waals surface area contributed by atoms with Gasteiger partial charge in [-0.3, -0.25) is 14.1 Å². The lowest BCUT2D eigenvalue weighted by Gasteiger charge is -2.19. The van der Waals surface area contributed by atoms with E-state index in [0.717, 1.165) is 35.9 Å². The van der Waals surface area contributed by atoms with Crippen molar-refractivity contribution in [2.75, 3.05) is 17.6 Å². The van der Waals surface area contributed by atoms with E-state index in [1.807, 2.05) is 32.9 Å². The number of carbonyl (C=O) groups is 2. The molecule has 4 rings (SSSR count). The minimum Gasteiger partial charge on any atom is -0.351 e. The van der Waals surface area contributed by atoms with Crippen LogP contribution in [-0.2, 0) is 27.5 Å². The van der Waals surface area contributed by atoms with Crippen LogP contribution in [-0.4, -0.2) is 37.1 Å². The second-order valence-corrected chi connectivity index (χ2v) is 14.8. The molecule has 4 aromatic rings. The van der Waals surface area contributed by atoms with Gasteiger partial charge in [0.1, 0.15) is 17.3 Å². The van der Waals surface area contributed by atoms with Crippen LogP contribution in [0.5, 0.6) is 0 Å². The summed E-state index contributed by atoms with van der Waals surface area (Å²) < 4.78 is 101. The Morgan fingerprint density at radius 3 is 2.02 bits per heavy atom. The van der Waals surface area contributed by atoms with Gasteiger partial charge in [-0.2, -0.15) is 21.6 Å². The van der Waals surface area contributed by atoms with Crippen molar-refractivity contribution in [1.29, 1.82) is 0 Å². The largest absolute Gasteiger partial charge is 0.416 e. The van der Waals surface area contributed by atoms with Crippen molar-refractivity contribution < 1.29 is 44.5 Å². The number of allylic oxidation sites excluding steroid dienone is 1. The number of hydrogen-bond donors (Lipinski definition) is 3. The Morgan fingerprint density at radius 2 is 1.49 bits per heavy atom. The van der Waals surface area contributed by atoms with Crippen LogP contribution >= 0.6 is 0 Å². The fraction of sp³-hybridized carbons (Fsp3) is 0.263. The Hall–Kier alpha value is -4.88. The van der Waals surface area contributed by atoms with Crippen LogP contribution in [0.15, 0.2) is 84.9 Å². The number of benzene rings is 4. The number of halogens is 5. The molecule has 0 aromatic heterocycles. The van der Waals surface area contributed by atoms with Crippen LogP contribution in [0.4, 0.5) is 27.6 Å². The number of hydrogen-bond acceptors (Lipinski definition) is 4. The van der Waals surface area contributed by atoms with E-state index in [-0.39, 0.29) is 40.6 Å². The highest BCUT2D eigenvalue weighted by Crippen LogP contribution is 2.35. The van der Waals surface area contributed by atoms with Gasteiger partial charge in [0.05, 0.1) is 17.2 Å². The van der Waals surface area contributed by atoms with Crippen molar-refractivity contribution >= 4 is 33.7 Å². The number of aryl methyl sites for hydroxylation is 1. The molecule has 270 valence electrons. The van der Waals surface area contributed by atoms with Gasteiger partial charge >= 0.3 is 6.18 Å². The summed E-state index contributed by atoms with van der Waals surface area (Å²) in [7, 11) is -4.26. The summed E-state index contributed by atoms with van der Waals surface area (Å²) in [6.45, 7) is 7.22. The maximum Gasteiger partial charge on any atom is 0.416 e. The number of carbonyl (C=O) groups excluding carboxylic acids is 2. The van der Waals surface area contributed by atoms with E-state index in [4.69, 9.17) is 4.55 Å². The van der Waals surface area contributed by atoms with E-state index >= 15 is 8.78 Å². The van der Waals surface area contributed by atoms with E-state index in [1.165, 1.54) is 19.1 Å².